The van der Waals surface area contributed by atoms with Crippen LogP contribution in [0.3, 0.4) is 0 Å². The molecule has 1 heterocycles. The molecule has 0 radical (unpaired) electrons. The van der Waals surface area contributed by atoms with Crippen molar-refractivity contribution in [1.82, 2.24) is 13.7 Å². The monoisotopic (exact) mass is 451 g/mol. The van der Waals surface area contributed by atoms with Gasteiger partial charge in [-0.2, -0.15) is 0 Å². The molecule has 0 unspecified atom stereocenters. The summed E-state index contributed by atoms with van der Waals surface area (Å²) in [4.78, 5) is 36.9. The van der Waals surface area contributed by atoms with Crippen molar-refractivity contribution in [3.05, 3.63) is 56.8 Å². The van der Waals surface area contributed by atoms with Crippen LogP contribution >= 0.6 is 0 Å². The molecule has 0 spiro atoms. The third-order valence-corrected chi connectivity index (χ3v) is 3.32. The molecule has 0 amide bonds. The minimum atomic E-state index is -0.623. The third kappa shape index (κ3) is 16.6. The van der Waals surface area contributed by atoms with Gasteiger partial charge in [0, 0.05) is 6.54 Å². The van der Waals surface area contributed by atoms with Gasteiger partial charge in [-0.3, -0.25) is 0 Å². The van der Waals surface area contributed by atoms with Gasteiger partial charge in [-0.25, -0.2) is 28.1 Å². The zero-order valence-corrected chi connectivity index (χ0v) is 22.7. The molecule has 0 fully saturated rings. The van der Waals surface area contributed by atoms with E-state index in [1.807, 2.05) is 0 Å². The average Bonchev–Trinajstić information content (AvgIpc) is 2.55. The van der Waals surface area contributed by atoms with Crippen LogP contribution in [0.5, 0.6) is 0 Å². The number of nitrogens with zero attached hydrogens (tertiary/aromatic N) is 3. The molecule has 1 aromatic rings. The summed E-state index contributed by atoms with van der Waals surface area (Å²) in [5.41, 5.74) is -0.658. The van der Waals surface area contributed by atoms with E-state index >= 15 is 0 Å². The molecule has 0 aromatic carbocycles. The maximum absolute atomic E-state index is 12.4. The first-order valence-corrected chi connectivity index (χ1v) is 11.4. The Labute approximate surface area is 195 Å². The van der Waals surface area contributed by atoms with Gasteiger partial charge in [-0.1, -0.05) is 88.3 Å². The van der Waals surface area contributed by atoms with E-state index in [0.29, 0.717) is 23.8 Å². The van der Waals surface area contributed by atoms with Crippen molar-refractivity contribution < 1.29 is 0 Å². The fourth-order valence-corrected chi connectivity index (χ4v) is 2.21. The van der Waals surface area contributed by atoms with Gasteiger partial charge in [-0.15, -0.1) is 13.2 Å². The largest absolute Gasteiger partial charge is 0.336 e. The maximum Gasteiger partial charge on any atom is 0.336 e. The Balaban J connectivity index is 0. The predicted molar refractivity (Wildman–Crippen MR) is 139 cm³/mol. The quantitative estimate of drug-likeness (QED) is 0.516. The van der Waals surface area contributed by atoms with Gasteiger partial charge < -0.3 is 0 Å². The van der Waals surface area contributed by atoms with Crippen molar-refractivity contribution in [2.45, 2.75) is 109 Å². The summed E-state index contributed by atoms with van der Waals surface area (Å²) >= 11 is 0. The van der Waals surface area contributed by atoms with Crippen molar-refractivity contribution in [2.24, 2.45) is 16.2 Å². The van der Waals surface area contributed by atoms with E-state index < -0.39 is 17.1 Å². The van der Waals surface area contributed by atoms with Gasteiger partial charge in [0.05, 0.1) is 13.1 Å². The van der Waals surface area contributed by atoms with Crippen LogP contribution in [0.1, 0.15) is 89.0 Å². The Hall–Kier alpha value is -2.11. The summed E-state index contributed by atoms with van der Waals surface area (Å²) in [6.45, 7) is 31.3. The van der Waals surface area contributed by atoms with E-state index in [0.717, 1.165) is 20.1 Å². The van der Waals surface area contributed by atoms with Gasteiger partial charge >= 0.3 is 17.1 Å². The zero-order chi connectivity index (χ0) is 25.9. The molecule has 6 nitrogen and oxygen atoms in total. The fourth-order valence-electron chi connectivity index (χ4n) is 2.21. The summed E-state index contributed by atoms with van der Waals surface area (Å²) < 4.78 is 3.17. The number of hydrogen-bond donors (Lipinski definition) is 0. The number of aromatic nitrogens is 3. The van der Waals surface area contributed by atoms with Gasteiger partial charge in [0.1, 0.15) is 0 Å². The van der Waals surface area contributed by atoms with Gasteiger partial charge in [0.2, 0.25) is 0 Å². The van der Waals surface area contributed by atoms with Gasteiger partial charge in [0.15, 0.2) is 0 Å². The van der Waals surface area contributed by atoms with Crippen molar-refractivity contribution in [3.8, 4) is 0 Å². The van der Waals surface area contributed by atoms with Crippen molar-refractivity contribution >= 4 is 0 Å². The van der Waals surface area contributed by atoms with Crippen LogP contribution in [-0.2, 0) is 19.6 Å². The molecule has 0 aliphatic rings. The van der Waals surface area contributed by atoms with Crippen LogP contribution < -0.4 is 17.1 Å². The van der Waals surface area contributed by atoms with E-state index in [-0.39, 0.29) is 18.5 Å². The zero-order valence-electron chi connectivity index (χ0n) is 22.7. The lowest BCUT2D eigenvalue weighted by atomic mass is 9.91. The van der Waals surface area contributed by atoms with E-state index in [2.05, 4.69) is 89.3 Å². The highest BCUT2D eigenvalue weighted by atomic mass is 16.2. The van der Waals surface area contributed by atoms with Crippen LogP contribution in [0.15, 0.2) is 39.7 Å². The summed E-state index contributed by atoms with van der Waals surface area (Å²) in [7, 11) is 0. The smallest absolute Gasteiger partial charge is 0.247 e. The summed E-state index contributed by atoms with van der Waals surface area (Å²) in [5, 5.41) is 0. The Bertz CT molecular complexity index is 808. The second-order valence-corrected chi connectivity index (χ2v) is 12.5. The van der Waals surface area contributed by atoms with E-state index in [1.165, 1.54) is 12.2 Å². The molecule has 0 aliphatic heterocycles. The molecule has 32 heavy (non-hydrogen) atoms. The van der Waals surface area contributed by atoms with Crippen molar-refractivity contribution in [1.29, 1.82) is 0 Å². The Morgan fingerprint density at radius 2 is 0.906 bits per heavy atom. The van der Waals surface area contributed by atoms with Crippen LogP contribution in [0, 0.1) is 16.2 Å². The van der Waals surface area contributed by atoms with E-state index in [1.54, 1.807) is 0 Å². The summed E-state index contributed by atoms with van der Waals surface area (Å²) in [6, 6.07) is 0. The van der Waals surface area contributed by atoms with Gasteiger partial charge in [0.25, 0.3) is 0 Å². The number of hydrogen-bond acceptors (Lipinski definition) is 3. The maximum atomic E-state index is 12.4. The minimum absolute atomic E-state index is 0.0777. The summed E-state index contributed by atoms with van der Waals surface area (Å²) in [6.07, 6.45) is 4.50. The highest BCUT2D eigenvalue weighted by molar-refractivity contribution is 4.84. The lowest BCUT2D eigenvalue weighted by Gasteiger charge is -2.18. The molecule has 1 aromatic heterocycles. The molecular weight excluding hydrogens is 402 g/mol. The minimum Gasteiger partial charge on any atom is -0.247 e. The molecule has 0 aliphatic carbocycles. The fraction of sp³-hybridized carbons (Fsp3) is 0.731. The molecule has 0 bridgehead atoms. The third-order valence-electron chi connectivity index (χ3n) is 3.32. The van der Waals surface area contributed by atoms with Crippen molar-refractivity contribution in [3.63, 3.8) is 0 Å². The van der Waals surface area contributed by atoms with Crippen molar-refractivity contribution in [2.75, 3.05) is 0 Å². The SMILES string of the molecule is C=CCn1c(=O)n(CC=C)c(=O)n(CCCC(C)(C)C)c1=O.CC(C)(C)C.CC(C)(C)C. The molecule has 6 heteroatoms. The first kappa shape index (κ1) is 32.1. The lowest BCUT2D eigenvalue weighted by Crippen LogP contribution is -2.54. The average molecular weight is 452 g/mol. The predicted octanol–water partition coefficient (Wildman–Crippen LogP) is 5.47. The van der Waals surface area contributed by atoms with Crippen LogP contribution in [-0.4, -0.2) is 13.7 Å². The normalized spacial score (nSPS) is 11.6. The summed E-state index contributed by atoms with van der Waals surface area (Å²) in [5.74, 6) is 0. The first-order valence-electron chi connectivity index (χ1n) is 11.4. The second-order valence-electron chi connectivity index (χ2n) is 12.5. The van der Waals surface area contributed by atoms with Gasteiger partial charge in [-0.05, 0) is 29.1 Å². The number of rotatable bonds is 7. The number of allylic oxidation sites excluding steroid dienone is 2. The van der Waals surface area contributed by atoms with E-state index in [4.69, 9.17) is 0 Å². The molecule has 0 saturated carbocycles. The van der Waals surface area contributed by atoms with Crippen LogP contribution in [0.25, 0.3) is 0 Å². The highest BCUT2D eigenvalue weighted by Crippen LogP contribution is 2.20. The Morgan fingerprint density at radius 1 is 0.625 bits per heavy atom. The molecule has 0 N–H and O–H groups in total. The Kier molecular flexibility index (Phi) is 13.5. The van der Waals surface area contributed by atoms with Crippen LogP contribution in [0.2, 0.25) is 0 Å². The molecular formula is C26H49N3O3. The molecule has 0 saturated heterocycles. The van der Waals surface area contributed by atoms with E-state index in [9.17, 15) is 14.4 Å². The second kappa shape index (κ2) is 13.4. The topological polar surface area (TPSA) is 66.0 Å². The highest BCUT2D eigenvalue weighted by Gasteiger charge is 2.15. The molecule has 1 rings (SSSR count). The molecule has 0 atom stereocenters. The van der Waals surface area contributed by atoms with Crippen LogP contribution in [0.4, 0.5) is 0 Å². The lowest BCUT2D eigenvalue weighted by molar-refractivity contribution is 0.344. The standard InChI is InChI=1S/C16H25N3O3.2C5H12/c1-6-10-17-13(20)18(11-7-2)15(22)19(14(17)21)12-8-9-16(3,4)5;2*1-5(2,3)4/h6-7H,1-2,8-12H2,3-5H3;2*1-4H3. The molecule has 186 valence electrons. The Morgan fingerprint density at radius 3 is 1.16 bits per heavy atom. The first-order chi connectivity index (χ1) is 14.2.